The van der Waals surface area contributed by atoms with E-state index in [2.05, 4.69) is 16.4 Å². The molecule has 5 heteroatoms. The molecule has 1 saturated carbocycles. The van der Waals surface area contributed by atoms with Crippen molar-refractivity contribution < 1.29 is 9.59 Å². The minimum absolute atomic E-state index is 0.159. The van der Waals surface area contributed by atoms with Gasteiger partial charge in [0.1, 0.15) is 11.2 Å². The van der Waals surface area contributed by atoms with E-state index in [1.54, 1.807) is 18.3 Å². The third kappa shape index (κ3) is 2.79. The number of amides is 1. The first kappa shape index (κ1) is 13.2. The minimum atomic E-state index is -0.664. The number of pyridine rings is 1. The maximum atomic E-state index is 11.3. The summed E-state index contributed by atoms with van der Waals surface area (Å²) in [6.07, 6.45) is 3.46. The Balaban J connectivity index is 2.22. The van der Waals surface area contributed by atoms with Crippen molar-refractivity contribution in [3.05, 3.63) is 24.0 Å². The second kappa shape index (κ2) is 5.19. The van der Waals surface area contributed by atoms with Gasteiger partial charge in [0.25, 0.3) is 0 Å². The number of nitrogens with zero attached hydrogens (tertiary/aromatic N) is 2. The van der Waals surface area contributed by atoms with Gasteiger partial charge in [-0.05, 0) is 25.0 Å². The van der Waals surface area contributed by atoms with E-state index in [9.17, 15) is 14.9 Å². The third-order valence-electron chi connectivity index (χ3n) is 3.45. The standard InChI is InChI=1S/C14H15N3O2/c1-10(18)17-11-2-3-13(16-8-11)14(9-15)6-4-12(19)5-7-14/h2-3,8H,4-7H2,1H3,(H,17,18). The third-order valence-corrected chi connectivity index (χ3v) is 3.45. The van der Waals surface area contributed by atoms with Gasteiger partial charge in [-0.25, -0.2) is 0 Å². The Morgan fingerprint density at radius 3 is 2.58 bits per heavy atom. The maximum absolute atomic E-state index is 11.3. The number of nitrogens with one attached hydrogen (secondary N) is 1. The summed E-state index contributed by atoms with van der Waals surface area (Å²) in [4.78, 5) is 26.5. The van der Waals surface area contributed by atoms with Crippen LogP contribution in [0.25, 0.3) is 0 Å². The van der Waals surface area contributed by atoms with E-state index in [1.165, 1.54) is 6.92 Å². The Kier molecular flexibility index (Phi) is 3.61. The van der Waals surface area contributed by atoms with Crippen LogP contribution >= 0.6 is 0 Å². The van der Waals surface area contributed by atoms with Crippen molar-refractivity contribution in [3.63, 3.8) is 0 Å². The summed E-state index contributed by atoms with van der Waals surface area (Å²) in [6, 6.07) is 5.80. The first-order valence-electron chi connectivity index (χ1n) is 6.23. The highest BCUT2D eigenvalue weighted by molar-refractivity contribution is 5.88. The lowest BCUT2D eigenvalue weighted by molar-refractivity contribution is -0.121. The van der Waals surface area contributed by atoms with Crippen LogP contribution in [0.3, 0.4) is 0 Å². The predicted molar refractivity (Wildman–Crippen MR) is 69.3 cm³/mol. The molecule has 1 aromatic rings. The van der Waals surface area contributed by atoms with Crippen LogP contribution in [0.15, 0.2) is 18.3 Å². The second-order valence-corrected chi connectivity index (χ2v) is 4.85. The normalized spacial score (nSPS) is 17.6. The van der Waals surface area contributed by atoms with Crippen LogP contribution in [0, 0.1) is 11.3 Å². The first-order valence-corrected chi connectivity index (χ1v) is 6.23. The molecular weight excluding hydrogens is 242 g/mol. The number of Topliss-reactive ketones (excluding diaryl/α,β-unsaturated/α-hetero) is 1. The molecule has 1 fully saturated rings. The Bertz CT molecular complexity index is 533. The van der Waals surface area contributed by atoms with E-state index in [-0.39, 0.29) is 11.7 Å². The number of anilines is 1. The molecule has 1 aliphatic rings. The number of rotatable bonds is 2. The van der Waals surface area contributed by atoms with Gasteiger partial charge in [0.15, 0.2) is 0 Å². The van der Waals surface area contributed by atoms with Crippen molar-refractivity contribution in [2.75, 3.05) is 5.32 Å². The molecule has 1 aliphatic carbocycles. The van der Waals surface area contributed by atoms with Crippen molar-refractivity contribution in [2.45, 2.75) is 38.0 Å². The molecule has 1 heterocycles. The van der Waals surface area contributed by atoms with Gasteiger partial charge >= 0.3 is 0 Å². The van der Waals surface area contributed by atoms with Gasteiger partial charge < -0.3 is 5.32 Å². The van der Waals surface area contributed by atoms with Gasteiger partial charge in [0.2, 0.25) is 5.91 Å². The molecule has 1 aromatic heterocycles. The Hall–Kier alpha value is -2.22. The lowest BCUT2D eigenvalue weighted by Gasteiger charge is -2.29. The number of nitriles is 1. The van der Waals surface area contributed by atoms with E-state index in [4.69, 9.17) is 0 Å². The van der Waals surface area contributed by atoms with Gasteiger partial charge in [-0.15, -0.1) is 0 Å². The Morgan fingerprint density at radius 1 is 1.42 bits per heavy atom. The highest BCUT2D eigenvalue weighted by Crippen LogP contribution is 2.36. The topological polar surface area (TPSA) is 82.9 Å². The average molecular weight is 257 g/mol. The highest BCUT2D eigenvalue weighted by atomic mass is 16.1. The molecule has 0 unspecified atom stereocenters. The highest BCUT2D eigenvalue weighted by Gasteiger charge is 2.37. The molecule has 19 heavy (non-hydrogen) atoms. The quantitative estimate of drug-likeness (QED) is 0.877. The summed E-state index contributed by atoms with van der Waals surface area (Å²) in [5.41, 5.74) is 0.621. The van der Waals surface area contributed by atoms with Crippen LogP contribution < -0.4 is 5.32 Å². The van der Waals surface area contributed by atoms with Gasteiger partial charge in [0, 0.05) is 19.8 Å². The van der Waals surface area contributed by atoms with Crippen molar-refractivity contribution in [2.24, 2.45) is 0 Å². The van der Waals surface area contributed by atoms with Crippen molar-refractivity contribution >= 4 is 17.4 Å². The molecule has 0 aromatic carbocycles. The predicted octanol–water partition coefficient (Wildman–Crippen LogP) is 1.94. The number of aromatic nitrogens is 1. The van der Waals surface area contributed by atoms with E-state index in [0.717, 1.165) is 0 Å². The monoisotopic (exact) mass is 257 g/mol. The van der Waals surface area contributed by atoms with E-state index in [1.807, 2.05) is 0 Å². The van der Waals surface area contributed by atoms with Crippen LogP contribution in [0.1, 0.15) is 38.3 Å². The van der Waals surface area contributed by atoms with Gasteiger partial charge in [-0.2, -0.15) is 5.26 Å². The molecule has 1 N–H and O–H groups in total. The smallest absolute Gasteiger partial charge is 0.221 e. The van der Waals surface area contributed by atoms with Crippen LogP contribution in [0.4, 0.5) is 5.69 Å². The molecule has 5 nitrogen and oxygen atoms in total. The molecule has 98 valence electrons. The van der Waals surface area contributed by atoms with E-state index < -0.39 is 5.41 Å². The SMILES string of the molecule is CC(=O)Nc1ccc(C2(C#N)CCC(=O)CC2)nc1. The second-order valence-electron chi connectivity index (χ2n) is 4.85. The number of carbonyl (C=O) groups is 2. The molecule has 0 atom stereocenters. The van der Waals surface area contributed by atoms with Crippen LogP contribution in [0.2, 0.25) is 0 Å². The van der Waals surface area contributed by atoms with Gasteiger partial charge in [-0.1, -0.05) is 0 Å². The fourth-order valence-electron chi connectivity index (χ4n) is 2.33. The van der Waals surface area contributed by atoms with Gasteiger partial charge in [-0.3, -0.25) is 14.6 Å². The van der Waals surface area contributed by atoms with Crippen molar-refractivity contribution in [1.82, 2.24) is 4.98 Å². The van der Waals surface area contributed by atoms with Crippen LogP contribution in [-0.2, 0) is 15.0 Å². The molecule has 0 radical (unpaired) electrons. The molecule has 0 spiro atoms. The molecule has 0 aliphatic heterocycles. The zero-order valence-corrected chi connectivity index (χ0v) is 10.8. The van der Waals surface area contributed by atoms with Crippen molar-refractivity contribution in [1.29, 1.82) is 5.26 Å². The zero-order valence-electron chi connectivity index (χ0n) is 10.8. The van der Waals surface area contributed by atoms with Gasteiger partial charge in [0.05, 0.1) is 23.6 Å². The molecule has 0 bridgehead atoms. The summed E-state index contributed by atoms with van der Waals surface area (Å²) >= 11 is 0. The number of hydrogen-bond acceptors (Lipinski definition) is 4. The fraction of sp³-hybridized carbons (Fsp3) is 0.429. The molecular formula is C14H15N3O2. The molecule has 0 saturated heterocycles. The number of hydrogen-bond donors (Lipinski definition) is 1. The largest absolute Gasteiger partial charge is 0.325 e. The van der Waals surface area contributed by atoms with Crippen LogP contribution in [-0.4, -0.2) is 16.7 Å². The fourth-order valence-corrected chi connectivity index (χ4v) is 2.33. The zero-order chi connectivity index (χ0) is 13.9. The Morgan fingerprint density at radius 2 is 2.11 bits per heavy atom. The van der Waals surface area contributed by atoms with Crippen LogP contribution in [0.5, 0.6) is 0 Å². The first-order chi connectivity index (χ1) is 9.05. The summed E-state index contributed by atoms with van der Waals surface area (Å²) < 4.78 is 0. The molecule has 1 amide bonds. The number of ketones is 1. The van der Waals surface area contributed by atoms with Crippen molar-refractivity contribution in [3.8, 4) is 6.07 Å². The average Bonchev–Trinajstić information content (AvgIpc) is 2.40. The lowest BCUT2D eigenvalue weighted by Crippen LogP contribution is -2.31. The minimum Gasteiger partial charge on any atom is -0.325 e. The molecule has 2 rings (SSSR count). The summed E-state index contributed by atoms with van der Waals surface area (Å²) in [5, 5.41) is 12.1. The number of carbonyl (C=O) groups excluding carboxylic acids is 2. The Labute approximate surface area is 111 Å². The summed E-state index contributed by atoms with van der Waals surface area (Å²) in [7, 11) is 0. The van der Waals surface area contributed by atoms with E-state index >= 15 is 0 Å². The van der Waals surface area contributed by atoms with E-state index in [0.29, 0.717) is 37.1 Å². The maximum Gasteiger partial charge on any atom is 0.221 e. The lowest BCUT2D eigenvalue weighted by atomic mass is 9.72. The summed E-state index contributed by atoms with van der Waals surface area (Å²) in [5.74, 6) is 0.0496. The summed E-state index contributed by atoms with van der Waals surface area (Å²) in [6.45, 7) is 1.43.